The third kappa shape index (κ3) is 8.21. The summed E-state index contributed by atoms with van der Waals surface area (Å²) in [5.74, 6) is -0.796. The molecule has 0 atom stereocenters. The maximum Gasteiger partial charge on any atom is 0.271 e. The monoisotopic (exact) mass is 412 g/mol. The van der Waals surface area contributed by atoms with Gasteiger partial charge in [-0.25, -0.2) is 0 Å². The first-order valence-corrected chi connectivity index (χ1v) is 11.8. The standard InChI is InChI=1S/C19H24O6S2/c1-2-17(13-24-26(20,21)15-18-9-5-3-6-10-18)14-25-27(22,23)16-19-11-7-4-8-12-19/h3-12,17H,2,13-16H2,1H3. The van der Waals surface area contributed by atoms with Crippen LogP contribution in [0, 0.1) is 5.92 Å². The van der Waals surface area contributed by atoms with Crippen LogP contribution in [-0.2, 0) is 40.1 Å². The first-order valence-electron chi connectivity index (χ1n) is 8.62. The van der Waals surface area contributed by atoms with E-state index in [9.17, 15) is 16.8 Å². The van der Waals surface area contributed by atoms with Crippen LogP contribution in [0.25, 0.3) is 0 Å². The van der Waals surface area contributed by atoms with E-state index >= 15 is 0 Å². The molecule has 0 saturated carbocycles. The van der Waals surface area contributed by atoms with Gasteiger partial charge in [-0.05, 0) is 17.5 Å². The molecule has 2 aromatic carbocycles. The molecular weight excluding hydrogens is 388 g/mol. The Hall–Kier alpha value is -1.74. The van der Waals surface area contributed by atoms with Crippen LogP contribution in [0.5, 0.6) is 0 Å². The summed E-state index contributed by atoms with van der Waals surface area (Å²) in [7, 11) is -7.49. The van der Waals surface area contributed by atoms with Crippen molar-refractivity contribution in [1.29, 1.82) is 0 Å². The predicted molar refractivity (Wildman–Crippen MR) is 104 cm³/mol. The van der Waals surface area contributed by atoms with Crippen LogP contribution in [0.15, 0.2) is 60.7 Å². The zero-order valence-corrected chi connectivity index (χ0v) is 16.8. The summed E-state index contributed by atoms with van der Waals surface area (Å²) in [5.41, 5.74) is 1.26. The van der Waals surface area contributed by atoms with Crippen LogP contribution in [-0.4, -0.2) is 30.0 Å². The van der Waals surface area contributed by atoms with E-state index in [2.05, 4.69) is 0 Å². The van der Waals surface area contributed by atoms with Gasteiger partial charge < -0.3 is 0 Å². The van der Waals surface area contributed by atoms with E-state index in [0.29, 0.717) is 17.5 Å². The molecule has 0 N–H and O–H groups in total. The van der Waals surface area contributed by atoms with Crippen LogP contribution in [0.3, 0.4) is 0 Å². The molecule has 0 aliphatic rings. The first kappa shape index (κ1) is 21.6. The van der Waals surface area contributed by atoms with Gasteiger partial charge in [0.15, 0.2) is 0 Å². The Balaban J connectivity index is 1.84. The average Bonchev–Trinajstić information content (AvgIpc) is 2.62. The molecule has 6 nitrogen and oxygen atoms in total. The van der Waals surface area contributed by atoms with Crippen LogP contribution in [0.4, 0.5) is 0 Å². The van der Waals surface area contributed by atoms with Gasteiger partial charge in [0.2, 0.25) is 0 Å². The molecule has 0 unspecified atom stereocenters. The summed E-state index contributed by atoms with van der Waals surface area (Å²) < 4.78 is 58.5. The second kappa shape index (κ2) is 9.98. The zero-order valence-electron chi connectivity index (χ0n) is 15.2. The maximum absolute atomic E-state index is 12.1. The molecule has 2 rings (SSSR count). The second-order valence-electron chi connectivity index (χ2n) is 6.22. The van der Waals surface area contributed by atoms with Crippen molar-refractivity contribution in [2.75, 3.05) is 13.2 Å². The van der Waals surface area contributed by atoms with E-state index in [4.69, 9.17) is 8.37 Å². The molecule has 0 saturated heterocycles. The summed E-state index contributed by atoms with van der Waals surface area (Å²) >= 11 is 0. The summed E-state index contributed by atoms with van der Waals surface area (Å²) in [4.78, 5) is 0. The van der Waals surface area contributed by atoms with Gasteiger partial charge in [0.05, 0.1) is 13.2 Å². The molecule has 0 heterocycles. The topological polar surface area (TPSA) is 86.7 Å². The smallest absolute Gasteiger partial charge is 0.269 e. The van der Waals surface area contributed by atoms with Crippen molar-refractivity contribution in [3.63, 3.8) is 0 Å². The van der Waals surface area contributed by atoms with Crippen LogP contribution in [0.1, 0.15) is 24.5 Å². The van der Waals surface area contributed by atoms with Gasteiger partial charge in [-0.15, -0.1) is 0 Å². The molecule has 0 aromatic heterocycles. The molecule has 0 aliphatic carbocycles. The van der Waals surface area contributed by atoms with Gasteiger partial charge in [-0.1, -0.05) is 67.6 Å². The van der Waals surface area contributed by atoms with Gasteiger partial charge >= 0.3 is 0 Å². The molecule has 0 spiro atoms. The van der Waals surface area contributed by atoms with Crippen molar-refractivity contribution in [1.82, 2.24) is 0 Å². The lowest BCUT2D eigenvalue weighted by Gasteiger charge is -2.15. The van der Waals surface area contributed by atoms with E-state index < -0.39 is 20.2 Å². The van der Waals surface area contributed by atoms with Crippen LogP contribution in [0.2, 0.25) is 0 Å². The van der Waals surface area contributed by atoms with E-state index in [0.717, 1.165) is 0 Å². The third-order valence-electron chi connectivity index (χ3n) is 3.92. The van der Waals surface area contributed by atoms with Crippen LogP contribution >= 0.6 is 0 Å². The van der Waals surface area contributed by atoms with Crippen LogP contribution < -0.4 is 0 Å². The van der Waals surface area contributed by atoms with Crippen molar-refractivity contribution in [3.05, 3.63) is 71.8 Å². The average molecular weight is 413 g/mol. The fraction of sp³-hybridized carbons (Fsp3) is 0.368. The molecule has 0 radical (unpaired) electrons. The van der Waals surface area contributed by atoms with E-state index in [1.807, 2.05) is 6.92 Å². The molecule has 27 heavy (non-hydrogen) atoms. The van der Waals surface area contributed by atoms with E-state index in [-0.39, 0.29) is 30.6 Å². The quantitative estimate of drug-likeness (QED) is 0.527. The SMILES string of the molecule is CCC(COS(=O)(=O)Cc1ccccc1)COS(=O)(=O)Cc1ccccc1. The summed E-state index contributed by atoms with van der Waals surface area (Å²) in [6.45, 7) is 1.59. The highest BCUT2D eigenvalue weighted by Gasteiger charge is 2.19. The van der Waals surface area contributed by atoms with Crippen molar-refractivity contribution in [3.8, 4) is 0 Å². The summed E-state index contributed by atoms with van der Waals surface area (Å²) in [5, 5.41) is 0. The predicted octanol–water partition coefficient (Wildman–Crippen LogP) is 3.11. The molecule has 0 amide bonds. The Bertz CT molecular complexity index is 818. The second-order valence-corrected chi connectivity index (χ2v) is 9.50. The van der Waals surface area contributed by atoms with Crippen molar-refractivity contribution < 1.29 is 25.2 Å². The molecule has 0 bridgehead atoms. The lowest BCUT2D eigenvalue weighted by atomic mass is 10.1. The van der Waals surface area contributed by atoms with Gasteiger partial charge in [0.1, 0.15) is 11.5 Å². The molecule has 0 fully saturated rings. The normalized spacial score (nSPS) is 12.4. The molecule has 0 aliphatic heterocycles. The number of rotatable bonds is 11. The van der Waals surface area contributed by atoms with E-state index in [1.54, 1.807) is 60.7 Å². The number of hydrogen-bond acceptors (Lipinski definition) is 6. The third-order valence-corrected chi connectivity index (χ3v) is 6.28. The molecular formula is C19H24O6S2. The molecule has 8 heteroatoms. The Morgan fingerprint density at radius 2 is 1.07 bits per heavy atom. The lowest BCUT2D eigenvalue weighted by molar-refractivity contribution is 0.180. The molecule has 148 valence electrons. The maximum atomic E-state index is 12.1. The highest BCUT2D eigenvalue weighted by Crippen LogP contribution is 2.14. The van der Waals surface area contributed by atoms with Crippen molar-refractivity contribution >= 4 is 20.2 Å². The zero-order chi connectivity index (χ0) is 19.8. The van der Waals surface area contributed by atoms with Gasteiger partial charge in [0, 0.05) is 5.92 Å². The number of hydrogen-bond donors (Lipinski definition) is 0. The fourth-order valence-corrected chi connectivity index (χ4v) is 4.49. The van der Waals surface area contributed by atoms with Crippen molar-refractivity contribution in [2.24, 2.45) is 5.92 Å². The van der Waals surface area contributed by atoms with Gasteiger partial charge in [-0.3, -0.25) is 8.37 Å². The summed E-state index contributed by atoms with van der Waals surface area (Å²) in [6, 6.07) is 17.4. The lowest BCUT2D eigenvalue weighted by Crippen LogP contribution is -2.22. The molecule has 2 aromatic rings. The Morgan fingerprint density at radius 1 is 0.704 bits per heavy atom. The Morgan fingerprint density at radius 3 is 1.41 bits per heavy atom. The van der Waals surface area contributed by atoms with E-state index in [1.165, 1.54) is 0 Å². The first-order chi connectivity index (χ1) is 12.8. The minimum atomic E-state index is -3.75. The minimum Gasteiger partial charge on any atom is -0.269 e. The van der Waals surface area contributed by atoms with Gasteiger partial charge in [-0.2, -0.15) is 16.8 Å². The highest BCUT2D eigenvalue weighted by molar-refractivity contribution is 7.86. The largest absolute Gasteiger partial charge is 0.271 e. The Kier molecular flexibility index (Phi) is 7.97. The van der Waals surface area contributed by atoms with Crippen molar-refractivity contribution in [2.45, 2.75) is 24.9 Å². The summed E-state index contributed by atoms with van der Waals surface area (Å²) in [6.07, 6.45) is 0.529. The minimum absolute atomic E-state index is 0.119. The van der Waals surface area contributed by atoms with Gasteiger partial charge in [0.25, 0.3) is 20.2 Å². The number of benzene rings is 2. The highest BCUT2D eigenvalue weighted by atomic mass is 32.2. The fourth-order valence-electron chi connectivity index (χ4n) is 2.32. The Labute approximate surface area is 161 Å².